The minimum atomic E-state index is -3.94. The smallest absolute Gasteiger partial charge is 0.261 e. The van der Waals surface area contributed by atoms with Crippen LogP contribution in [0.15, 0.2) is 41.3 Å². The molecule has 0 unspecified atom stereocenters. The maximum absolute atomic E-state index is 14.4. The van der Waals surface area contributed by atoms with Crippen molar-refractivity contribution < 1.29 is 17.5 Å². The fourth-order valence-corrected chi connectivity index (χ4v) is 4.13. The molecule has 1 heterocycles. The number of anilines is 1. The molecule has 140 valence electrons. The normalized spacial score (nSPS) is 15.8. The van der Waals surface area contributed by atoms with E-state index in [1.807, 2.05) is 4.90 Å². The number of ether oxygens (including phenoxy) is 1. The molecule has 26 heavy (non-hydrogen) atoms. The highest BCUT2D eigenvalue weighted by Crippen LogP contribution is 2.28. The van der Waals surface area contributed by atoms with Crippen molar-refractivity contribution in [2.75, 3.05) is 31.0 Å². The van der Waals surface area contributed by atoms with Crippen LogP contribution in [0.2, 0.25) is 10.0 Å². The highest BCUT2D eigenvalue weighted by Gasteiger charge is 2.21. The third-order valence-electron chi connectivity index (χ3n) is 4.05. The molecule has 0 aliphatic carbocycles. The number of hydrogen-bond donors (Lipinski definition) is 1. The van der Waals surface area contributed by atoms with Crippen LogP contribution in [0.25, 0.3) is 0 Å². The monoisotopic (exact) mass is 418 g/mol. The van der Waals surface area contributed by atoms with Crippen molar-refractivity contribution in [2.45, 2.75) is 11.4 Å². The molecular formula is C17H17Cl2FN2O3S. The zero-order valence-corrected chi connectivity index (χ0v) is 16.0. The molecule has 2 aromatic carbocycles. The van der Waals surface area contributed by atoms with Crippen molar-refractivity contribution in [3.63, 3.8) is 0 Å². The number of hydrogen-bond acceptors (Lipinski definition) is 4. The lowest BCUT2D eigenvalue weighted by atomic mass is 10.1. The molecule has 0 amide bonds. The van der Waals surface area contributed by atoms with Gasteiger partial charge in [0.15, 0.2) is 0 Å². The van der Waals surface area contributed by atoms with E-state index in [1.54, 1.807) is 0 Å². The third kappa shape index (κ3) is 4.47. The summed E-state index contributed by atoms with van der Waals surface area (Å²) >= 11 is 11.7. The summed E-state index contributed by atoms with van der Waals surface area (Å²) in [6, 6.07) is 8.31. The van der Waals surface area contributed by atoms with Gasteiger partial charge in [0.25, 0.3) is 10.0 Å². The maximum atomic E-state index is 14.4. The summed E-state index contributed by atoms with van der Waals surface area (Å²) in [5.41, 5.74) is 0.487. The van der Waals surface area contributed by atoms with Gasteiger partial charge in [-0.05, 0) is 30.3 Å². The van der Waals surface area contributed by atoms with Gasteiger partial charge in [0.05, 0.1) is 33.8 Å². The van der Waals surface area contributed by atoms with Crippen molar-refractivity contribution in [1.82, 2.24) is 4.90 Å². The van der Waals surface area contributed by atoms with Gasteiger partial charge in [-0.2, -0.15) is 0 Å². The topological polar surface area (TPSA) is 58.6 Å². The average molecular weight is 419 g/mol. The molecule has 0 aromatic heterocycles. The predicted octanol–water partition coefficient (Wildman–Crippen LogP) is 3.77. The SMILES string of the molecule is O=S(=O)(Nc1cccc(F)c1CN1CCOCC1)c1ccc(Cl)c(Cl)c1. The van der Waals surface area contributed by atoms with E-state index in [-0.39, 0.29) is 32.7 Å². The molecule has 0 bridgehead atoms. The van der Waals surface area contributed by atoms with Crippen molar-refractivity contribution in [3.05, 3.63) is 57.8 Å². The predicted molar refractivity (Wildman–Crippen MR) is 99.8 cm³/mol. The zero-order valence-electron chi connectivity index (χ0n) is 13.7. The molecule has 1 saturated heterocycles. The third-order valence-corrected chi connectivity index (χ3v) is 6.15. The van der Waals surface area contributed by atoms with Crippen LogP contribution >= 0.6 is 23.2 Å². The summed E-state index contributed by atoms with van der Waals surface area (Å²) in [6.07, 6.45) is 0. The molecule has 5 nitrogen and oxygen atoms in total. The number of benzene rings is 2. The first-order valence-electron chi connectivity index (χ1n) is 7.92. The van der Waals surface area contributed by atoms with E-state index in [0.29, 0.717) is 26.3 Å². The van der Waals surface area contributed by atoms with E-state index in [0.717, 1.165) is 0 Å². The summed E-state index contributed by atoms with van der Waals surface area (Å²) in [5.74, 6) is -0.467. The van der Waals surface area contributed by atoms with Crippen LogP contribution in [0.4, 0.5) is 10.1 Å². The van der Waals surface area contributed by atoms with E-state index >= 15 is 0 Å². The van der Waals surface area contributed by atoms with E-state index in [9.17, 15) is 12.8 Å². The molecular weight excluding hydrogens is 402 g/mol. The molecule has 3 rings (SSSR count). The van der Waals surface area contributed by atoms with Crippen LogP contribution in [0.5, 0.6) is 0 Å². The molecule has 0 spiro atoms. The van der Waals surface area contributed by atoms with Crippen molar-refractivity contribution in [1.29, 1.82) is 0 Å². The highest BCUT2D eigenvalue weighted by atomic mass is 35.5. The number of sulfonamides is 1. The summed E-state index contributed by atoms with van der Waals surface area (Å²) in [5, 5.41) is 0.381. The lowest BCUT2D eigenvalue weighted by Gasteiger charge is -2.27. The van der Waals surface area contributed by atoms with Crippen LogP contribution in [-0.4, -0.2) is 39.6 Å². The Morgan fingerprint density at radius 3 is 2.54 bits per heavy atom. The average Bonchev–Trinajstić information content (AvgIpc) is 2.61. The Labute approximate surface area is 161 Å². The standard InChI is InChI=1S/C17H17Cl2FN2O3S/c18-14-5-4-12(10-15(14)19)26(23,24)21-17-3-1-2-16(20)13(17)11-22-6-8-25-9-7-22/h1-5,10,21H,6-9,11H2. The van der Waals surface area contributed by atoms with Crippen LogP contribution < -0.4 is 4.72 Å². The van der Waals surface area contributed by atoms with Crippen LogP contribution in [0.1, 0.15) is 5.56 Å². The van der Waals surface area contributed by atoms with Crippen LogP contribution in [-0.2, 0) is 21.3 Å². The van der Waals surface area contributed by atoms with Gasteiger partial charge in [0.1, 0.15) is 5.82 Å². The van der Waals surface area contributed by atoms with Crippen LogP contribution in [0.3, 0.4) is 0 Å². The lowest BCUT2D eigenvalue weighted by Crippen LogP contribution is -2.36. The Balaban J connectivity index is 1.88. The molecule has 1 N–H and O–H groups in total. The van der Waals surface area contributed by atoms with Gasteiger partial charge in [-0.25, -0.2) is 12.8 Å². The van der Waals surface area contributed by atoms with Gasteiger partial charge in [-0.15, -0.1) is 0 Å². The van der Waals surface area contributed by atoms with Gasteiger partial charge in [0, 0.05) is 25.2 Å². The Morgan fingerprint density at radius 1 is 1.12 bits per heavy atom. The summed E-state index contributed by atoms with van der Waals surface area (Å²) < 4.78 is 47.4. The van der Waals surface area contributed by atoms with Gasteiger partial charge in [0.2, 0.25) is 0 Å². The molecule has 1 aliphatic rings. The molecule has 0 atom stereocenters. The molecule has 1 aliphatic heterocycles. The van der Waals surface area contributed by atoms with Crippen molar-refractivity contribution in [3.8, 4) is 0 Å². The number of nitrogens with zero attached hydrogens (tertiary/aromatic N) is 1. The second-order valence-electron chi connectivity index (χ2n) is 5.84. The number of rotatable bonds is 5. The van der Waals surface area contributed by atoms with E-state index in [4.69, 9.17) is 27.9 Å². The minimum Gasteiger partial charge on any atom is -0.379 e. The first-order valence-corrected chi connectivity index (χ1v) is 10.2. The van der Waals surface area contributed by atoms with Gasteiger partial charge >= 0.3 is 0 Å². The van der Waals surface area contributed by atoms with E-state index < -0.39 is 15.8 Å². The molecule has 0 saturated carbocycles. The summed E-state index contributed by atoms with van der Waals surface area (Å²) in [6.45, 7) is 2.74. The molecule has 2 aromatic rings. The summed E-state index contributed by atoms with van der Waals surface area (Å²) in [7, 11) is -3.94. The minimum absolute atomic E-state index is 0.0477. The zero-order chi connectivity index (χ0) is 18.7. The van der Waals surface area contributed by atoms with Gasteiger partial charge < -0.3 is 4.74 Å². The quantitative estimate of drug-likeness (QED) is 0.802. The Hall–Kier alpha value is -1.38. The van der Waals surface area contributed by atoms with E-state index in [2.05, 4.69) is 4.72 Å². The van der Waals surface area contributed by atoms with Crippen molar-refractivity contribution in [2.24, 2.45) is 0 Å². The second kappa shape index (κ2) is 8.10. The highest BCUT2D eigenvalue weighted by molar-refractivity contribution is 7.92. The Bertz CT molecular complexity index is 903. The second-order valence-corrected chi connectivity index (χ2v) is 8.33. The molecule has 0 radical (unpaired) electrons. The van der Waals surface area contributed by atoms with Crippen LogP contribution in [0, 0.1) is 5.82 Å². The van der Waals surface area contributed by atoms with E-state index in [1.165, 1.54) is 36.4 Å². The summed E-state index contributed by atoms with van der Waals surface area (Å²) in [4.78, 5) is 1.97. The molecule has 1 fully saturated rings. The number of morpholine rings is 1. The first kappa shape index (κ1) is 19.4. The Kier molecular flexibility index (Phi) is 6.04. The van der Waals surface area contributed by atoms with Gasteiger partial charge in [-0.3, -0.25) is 9.62 Å². The van der Waals surface area contributed by atoms with Gasteiger partial charge in [-0.1, -0.05) is 29.3 Å². The van der Waals surface area contributed by atoms with Crippen molar-refractivity contribution >= 4 is 38.9 Å². The first-order chi connectivity index (χ1) is 12.4. The maximum Gasteiger partial charge on any atom is 0.261 e. The molecule has 9 heteroatoms. The largest absolute Gasteiger partial charge is 0.379 e. The Morgan fingerprint density at radius 2 is 1.85 bits per heavy atom. The fourth-order valence-electron chi connectivity index (χ4n) is 2.65. The number of nitrogens with one attached hydrogen (secondary N) is 1. The number of halogens is 3. The lowest BCUT2D eigenvalue weighted by molar-refractivity contribution is 0.0338. The fraction of sp³-hybridized carbons (Fsp3) is 0.294.